The number of halogens is 1. The standard InChI is InChI=1S/C12H18BrN3/c13-10-4-5-12(15-9-10)16-8-2-1-3-11(16)6-7-14/h4-5,9,11H,1-3,6-8,14H2. The maximum Gasteiger partial charge on any atom is 0.128 e. The van der Waals surface area contributed by atoms with Crippen LogP contribution in [0, 0.1) is 0 Å². The van der Waals surface area contributed by atoms with E-state index in [1.807, 2.05) is 6.20 Å². The summed E-state index contributed by atoms with van der Waals surface area (Å²) in [5, 5.41) is 0. The number of anilines is 1. The van der Waals surface area contributed by atoms with Crippen LogP contribution in [0.4, 0.5) is 5.82 Å². The van der Waals surface area contributed by atoms with Crippen LogP contribution < -0.4 is 10.6 Å². The van der Waals surface area contributed by atoms with Crippen LogP contribution in [0.3, 0.4) is 0 Å². The smallest absolute Gasteiger partial charge is 0.128 e. The van der Waals surface area contributed by atoms with Crippen molar-refractivity contribution in [1.82, 2.24) is 4.98 Å². The molecule has 0 saturated carbocycles. The average molecular weight is 284 g/mol. The molecule has 1 aliphatic heterocycles. The molecule has 1 fully saturated rings. The minimum Gasteiger partial charge on any atom is -0.354 e. The van der Waals surface area contributed by atoms with Crippen molar-refractivity contribution in [3.05, 3.63) is 22.8 Å². The Bertz CT molecular complexity index is 324. The topological polar surface area (TPSA) is 42.1 Å². The monoisotopic (exact) mass is 283 g/mol. The summed E-state index contributed by atoms with van der Waals surface area (Å²) in [6, 6.07) is 4.71. The quantitative estimate of drug-likeness (QED) is 0.927. The summed E-state index contributed by atoms with van der Waals surface area (Å²) in [5.41, 5.74) is 5.67. The van der Waals surface area contributed by atoms with Gasteiger partial charge in [-0.1, -0.05) is 0 Å². The fourth-order valence-electron chi connectivity index (χ4n) is 2.33. The van der Waals surface area contributed by atoms with Gasteiger partial charge in [0.2, 0.25) is 0 Å². The average Bonchev–Trinajstić information content (AvgIpc) is 2.32. The summed E-state index contributed by atoms with van der Waals surface area (Å²) < 4.78 is 1.03. The fourth-order valence-corrected chi connectivity index (χ4v) is 2.57. The number of nitrogens with two attached hydrogens (primary N) is 1. The van der Waals surface area contributed by atoms with Crippen LogP contribution in [0.25, 0.3) is 0 Å². The molecule has 0 radical (unpaired) electrons. The molecule has 16 heavy (non-hydrogen) atoms. The van der Waals surface area contributed by atoms with Crippen LogP contribution in [-0.4, -0.2) is 24.1 Å². The number of nitrogens with zero attached hydrogens (tertiary/aromatic N) is 2. The lowest BCUT2D eigenvalue weighted by Crippen LogP contribution is -2.41. The van der Waals surface area contributed by atoms with Gasteiger partial charge in [-0.2, -0.15) is 0 Å². The number of hydrogen-bond acceptors (Lipinski definition) is 3. The molecule has 1 unspecified atom stereocenters. The van der Waals surface area contributed by atoms with Crippen molar-refractivity contribution in [3.8, 4) is 0 Å². The van der Waals surface area contributed by atoms with Crippen molar-refractivity contribution in [2.75, 3.05) is 18.0 Å². The van der Waals surface area contributed by atoms with E-state index in [1.165, 1.54) is 19.3 Å². The molecular formula is C12H18BrN3. The summed E-state index contributed by atoms with van der Waals surface area (Å²) in [7, 11) is 0. The summed E-state index contributed by atoms with van der Waals surface area (Å²) in [6.07, 6.45) is 6.76. The number of aromatic nitrogens is 1. The van der Waals surface area contributed by atoms with Crippen molar-refractivity contribution in [3.63, 3.8) is 0 Å². The zero-order chi connectivity index (χ0) is 11.4. The van der Waals surface area contributed by atoms with E-state index in [4.69, 9.17) is 5.73 Å². The third-order valence-corrected chi connectivity index (χ3v) is 3.60. The molecule has 0 amide bonds. The first-order valence-electron chi connectivity index (χ1n) is 5.89. The molecule has 88 valence electrons. The first-order chi connectivity index (χ1) is 7.81. The molecule has 1 aromatic rings. The second-order valence-electron chi connectivity index (χ2n) is 4.25. The molecule has 0 aliphatic carbocycles. The van der Waals surface area contributed by atoms with Gasteiger partial charge in [0, 0.05) is 23.3 Å². The molecule has 0 spiro atoms. The van der Waals surface area contributed by atoms with E-state index in [2.05, 4.69) is 37.9 Å². The Morgan fingerprint density at radius 1 is 1.44 bits per heavy atom. The molecule has 0 aromatic carbocycles. The Morgan fingerprint density at radius 3 is 3.00 bits per heavy atom. The molecule has 2 heterocycles. The van der Waals surface area contributed by atoms with Crippen molar-refractivity contribution in [2.45, 2.75) is 31.7 Å². The lowest BCUT2D eigenvalue weighted by atomic mass is 9.99. The molecule has 1 aliphatic rings. The molecule has 1 saturated heterocycles. The van der Waals surface area contributed by atoms with Gasteiger partial charge in [0.05, 0.1) is 0 Å². The van der Waals surface area contributed by atoms with Gasteiger partial charge in [0.15, 0.2) is 0 Å². The lowest BCUT2D eigenvalue weighted by Gasteiger charge is -2.36. The van der Waals surface area contributed by atoms with Gasteiger partial charge in [0.1, 0.15) is 5.82 Å². The van der Waals surface area contributed by atoms with Crippen molar-refractivity contribution in [1.29, 1.82) is 0 Å². The maximum absolute atomic E-state index is 5.67. The number of hydrogen-bond donors (Lipinski definition) is 1. The van der Waals surface area contributed by atoms with Crippen LogP contribution >= 0.6 is 15.9 Å². The Hall–Kier alpha value is -0.610. The highest BCUT2D eigenvalue weighted by Crippen LogP contribution is 2.25. The van der Waals surface area contributed by atoms with Gasteiger partial charge in [-0.3, -0.25) is 0 Å². The number of piperidine rings is 1. The predicted molar refractivity (Wildman–Crippen MR) is 70.6 cm³/mol. The van der Waals surface area contributed by atoms with E-state index < -0.39 is 0 Å². The van der Waals surface area contributed by atoms with E-state index >= 15 is 0 Å². The molecule has 0 bridgehead atoms. The van der Waals surface area contributed by atoms with E-state index in [-0.39, 0.29) is 0 Å². The van der Waals surface area contributed by atoms with Crippen LogP contribution in [-0.2, 0) is 0 Å². The van der Waals surface area contributed by atoms with Crippen molar-refractivity contribution in [2.24, 2.45) is 5.73 Å². The zero-order valence-corrected chi connectivity index (χ0v) is 11.0. The predicted octanol–water partition coefficient (Wildman–Crippen LogP) is 2.55. The SMILES string of the molecule is NCCC1CCCCN1c1ccc(Br)cn1. The van der Waals surface area contributed by atoms with Crippen LogP contribution in [0.2, 0.25) is 0 Å². The highest BCUT2D eigenvalue weighted by Gasteiger charge is 2.22. The van der Waals surface area contributed by atoms with Gasteiger partial charge < -0.3 is 10.6 Å². The summed E-state index contributed by atoms with van der Waals surface area (Å²) in [5.74, 6) is 1.08. The second kappa shape index (κ2) is 5.64. The molecule has 1 atom stereocenters. The van der Waals surface area contributed by atoms with E-state index in [0.29, 0.717) is 6.04 Å². The minimum absolute atomic E-state index is 0.576. The van der Waals surface area contributed by atoms with E-state index in [9.17, 15) is 0 Å². The van der Waals surface area contributed by atoms with Gasteiger partial charge in [-0.15, -0.1) is 0 Å². The normalized spacial score (nSPS) is 21.1. The van der Waals surface area contributed by atoms with Gasteiger partial charge >= 0.3 is 0 Å². The Morgan fingerprint density at radius 2 is 2.31 bits per heavy atom. The zero-order valence-electron chi connectivity index (χ0n) is 9.40. The molecule has 3 nitrogen and oxygen atoms in total. The first kappa shape index (κ1) is 11.9. The van der Waals surface area contributed by atoms with Crippen molar-refractivity contribution >= 4 is 21.7 Å². The van der Waals surface area contributed by atoms with Gasteiger partial charge in [-0.25, -0.2) is 4.98 Å². The number of rotatable bonds is 3. The Balaban J connectivity index is 2.13. The van der Waals surface area contributed by atoms with E-state index in [1.54, 1.807) is 0 Å². The Kier molecular flexibility index (Phi) is 4.18. The molecule has 2 N–H and O–H groups in total. The molecule has 2 rings (SSSR count). The van der Waals surface area contributed by atoms with Gasteiger partial charge in [-0.05, 0) is 60.3 Å². The molecule has 1 aromatic heterocycles. The number of pyridine rings is 1. The molecular weight excluding hydrogens is 266 g/mol. The third-order valence-electron chi connectivity index (χ3n) is 3.13. The van der Waals surface area contributed by atoms with Crippen LogP contribution in [0.1, 0.15) is 25.7 Å². The molecule has 4 heteroatoms. The fraction of sp³-hybridized carbons (Fsp3) is 0.583. The highest BCUT2D eigenvalue weighted by atomic mass is 79.9. The lowest BCUT2D eigenvalue weighted by molar-refractivity contribution is 0.439. The summed E-state index contributed by atoms with van der Waals surface area (Å²) in [6.45, 7) is 1.87. The van der Waals surface area contributed by atoms with E-state index in [0.717, 1.165) is 29.8 Å². The minimum atomic E-state index is 0.576. The second-order valence-corrected chi connectivity index (χ2v) is 5.17. The first-order valence-corrected chi connectivity index (χ1v) is 6.69. The van der Waals surface area contributed by atoms with Crippen LogP contribution in [0.15, 0.2) is 22.8 Å². The summed E-state index contributed by atoms with van der Waals surface area (Å²) in [4.78, 5) is 6.88. The van der Waals surface area contributed by atoms with Gasteiger partial charge in [0.25, 0.3) is 0 Å². The highest BCUT2D eigenvalue weighted by molar-refractivity contribution is 9.10. The van der Waals surface area contributed by atoms with Crippen LogP contribution in [0.5, 0.6) is 0 Å². The maximum atomic E-state index is 5.67. The van der Waals surface area contributed by atoms with Crippen molar-refractivity contribution < 1.29 is 0 Å². The largest absolute Gasteiger partial charge is 0.354 e. The third kappa shape index (κ3) is 2.74. The Labute approximate surface area is 105 Å². The summed E-state index contributed by atoms with van der Waals surface area (Å²) >= 11 is 3.41.